The molecule has 1 saturated heterocycles. The van der Waals surface area contributed by atoms with Gasteiger partial charge in [0.25, 0.3) is 0 Å². The fourth-order valence-corrected chi connectivity index (χ4v) is 2.38. The number of aryl methyl sites for hydroxylation is 1. The van der Waals surface area contributed by atoms with E-state index in [0.717, 1.165) is 10.6 Å². The first-order chi connectivity index (χ1) is 6.18. The van der Waals surface area contributed by atoms with Gasteiger partial charge in [0, 0.05) is 0 Å². The summed E-state index contributed by atoms with van der Waals surface area (Å²) in [7, 11) is 1.93. The highest BCUT2D eigenvalue weighted by atomic mass is 32.1. The van der Waals surface area contributed by atoms with Gasteiger partial charge < -0.3 is 5.32 Å². The van der Waals surface area contributed by atoms with Crippen molar-refractivity contribution >= 4 is 17.2 Å². The van der Waals surface area contributed by atoms with Gasteiger partial charge in [0.15, 0.2) is 0 Å². The maximum atomic E-state index is 11.1. The minimum atomic E-state index is 0.0278. The monoisotopic (exact) mass is 197 g/mol. The Balaban J connectivity index is 2.27. The Labute approximate surface area is 80.6 Å². The number of amides is 1. The summed E-state index contributed by atoms with van der Waals surface area (Å²) in [6, 6.07) is 0. The predicted molar refractivity (Wildman–Crippen MR) is 50.4 cm³/mol. The third kappa shape index (κ3) is 1.45. The van der Waals surface area contributed by atoms with E-state index in [1.807, 2.05) is 24.4 Å². The molecule has 4 nitrogen and oxygen atoms in total. The van der Waals surface area contributed by atoms with E-state index in [2.05, 4.69) is 10.3 Å². The summed E-state index contributed by atoms with van der Waals surface area (Å²) in [5.41, 5.74) is 2.81. The van der Waals surface area contributed by atoms with Crippen molar-refractivity contribution in [3.63, 3.8) is 0 Å². The lowest BCUT2D eigenvalue weighted by Crippen LogP contribution is -2.24. The maximum Gasteiger partial charge on any atom is 0.235 e. The van der Waals surface area contributed by atoms with Crippen LogP contribution in [0.2, 0.25) is 0 Å². The molecule has 0 saturated carbocycles. The van der Waals surface area contributed by atoms with Gasteiger partial charge in [-0.05, 0) is 14.0 Å². The number of nitrogens with one attached hydrogen (secondary N) is 1. The lowest BCUT2D eigenvalue weighted by molar-refractivity contribution is -0.118. The van der Waals surface area contributed by atoms with Crippen molar-refractivity contribution in [2.75, 3.05) is 13.6 Å². The third-order valence-electron chi connectivity index (χ3n) is 2.16. The average molecular weight is 197 g/mol. The van der Waals surface area contributed by atoms with Gasteiger partial charge >= 0.3 is 0 Å². The van der Waals surface area contributed by atoms with Crippen molar-refractivity contribution in [3.05, 3.63) is 16.1 Å². The van der Waals surface area contributed by atoms with E-state index in [1.165, 1.54) is 0 Å². The summed E-state index contributed by atoms with van der Waals surface area (Å²) in [5, 5.41) is 2.90. The second-order valence-electron chi connectivity index (χ2n) is 3.19. The van der Waals surface area contributed by atoms with Crippen LogP contribution in [-0.2, 0) is 4.79 Å². The zero-order valence-electron chi connectivity index (χ0n) is 7.57. The Bertz CT molecular complexity index is 336. The first kappa shape index (κ1) is 8.65. The minimum Gasteiger partial charge on any atom is -0.335 e. The first-order valence-electron chi connectivity index (χ1n) is 4.08. The van der Waals surface area contributed by atoms with Gasteiger partial charge in [-0.2, -0.15) is 0 Å². The number of nitrogens with zero attached hydrogens (tertiary/aromatic N) is 2. The van der Waals surface area contributed by atoms with Crippen molar-refractivity contribution in [2.45, 2.75) is 13.1 Å². The largest absolute Gasteiger partial charge is 0.335 e. The molecule has 1 fully saturated rings. The van der Waals surface area contributed by atoms with Crippen LogP contribution < -0.4 is 5.32 Å². The summed E-state index contributed by atoms with van der Waals surface area (Å²) in [4.78, 5) is 18.4. The Morgan fingerprint density at radius 3 is 3.00 bits per heavy atom. The quantitative estimate of drug-likeness (QED) is 0.713. The molecular formula is C8H11N3OS. The number of carbonyl (C=O) groups excluding carboxylic acids is 1. The molecule has 0 bridgehead atoms. The van der Waals surface area contributed by atoms with Crippen LogP contribution in [-0.4, -0.2) is 29.4 Å². The van der Waals surface area contributed by atoms with E-state index in [4.69, 9.17) is 0 Å². The molecular weight excluding hydrogens is 186 g/mol. The molecule has 1 unspecified atom stereocenters. The van der Waals surface area contributed by atoms with Crippen molar-refractivity contribution in [2.24, 2.45) is 0 Å². The Kier molecular flexibility index (Phi) is 2.05. The normalized spacial score (nSPS) is 23.5. The van der Waals surface area contributed by atoms with Crippen LogP contribution >= 0.6 is 11.3 Å². The van der Waals surface area contributed by atoms with Gasteiger partial charge in [-0.1, -0.05) is 0 Å². The second kappa shape index (κ2) is 3.08. The zero-order chi connectivity index (χ0) is 9.42. The first-order valence-corrected chi connectivity index (χ1v) is 4.96. The van der Waals surface area contributed by atoms with E-state index in [1.54, 1.807) is 11.3 Å². The van der Waals surface area contributed by atoms with Crippen LogP contribution in [0.4, 0.5) is 0 Å². The molecule has 0 radical (unpaired) electrons. The molecule has 70 valence electrons. The molecule has 0 spiro atoms. The van der Waals surface area contributed by atoms with Gasteiger partial charge in [-0.3, -0.25) is 9.69 Å². The number of hydrogen-bond acceptors (Lipinski definition) is 4. The molecule has 1 aliphatic rings. The van der Waals surface area contributed by atoms with Gasteiger partial charge in [0.1, 0.15) is 6.17 Å². The zero-order valence-corrected chi connectivity index (χ0v) is 8.39. The molecule has 5 heteroatoms. The summed E-state index contributed by atoms with van der Waals surface area (Å²) in [6.07, 6.45) is 0.0278. The maximum absolute atomic E-state index is 11.1. The number of thiazole rings is 1. The van der Waals surface area contributed by atoms with E-state index in [9.17, 15) is 4.79 Å². The molecule has 0 aromatic carbocycles. The number of hydrogen-bond donors (Lipinski definition) is 1. The summed E-state index contributed by atoms with van der Waals surface area (Å²) in [6.45, 7) is 2.44. The van der Waals surface area contributed by atoms with E-state index < -0.39 is 0 Å². The highest BCUT2D eigenvalue weighted by Gasteiger charge is 2.29. The van der Waals surface area contributed by atoms with Crippen LogP contribution in [0.3, 0.4) is 0 Å². The molecule has 1 aromatic rings. The Morgan fingerprint density at radius 1 is 1.77 bits per heavy atom. The number of carbonyl (C=O) groups is 1. The average Bonchev–Trinajstić information content (AvgIpc) is 2.58. The molecule has 2 heterocycles. The molecule has 1 aliphatic heterocycles. The topological polar surface area (TPSA) is 45.2 Å². The number of aromatic nitrogens is 1. The second-order valence-corrected chi connectivity index (χ2v) is 4.07. The van der Waals surface area contributed by atoms with Crippen LogP contribution in [0, 0.1) is 6.92 Å². The van der Waals surface area contributed by atoms with Crippen LogP contribution in [0.1, 0.15) is 16.7 Å². The fourth-order valence-electron chi connectivity index (χ4n) is 1.47. The third-order valence-corrected chi connectivity index (χ3v) is 3.15. The fraction of sp³-hybridized carbons (Fsp3) is 0.500. The van der Waals surface area contributed by atoms with Gasteiger partial charge in [-0.25, -0.2) is 4.98 Å². The Morgan fingerprint density at radius 2 is 2.54 bits per heavy atom. The summed E-state index contributed by atoms with van der Waals surface area (Å²) >= 11 is 1.59. The summed E-state index contributed by atoms with van der Waals surface area (Å²) in [5.74, 6) is 0.0836. The molecule has 1 amide bonds. The van der Waals surface area contributed by atoms with E-state index in [-0.39, 0.29) is 12.1 Å². The molecule has 13 heavy (non-hydrogen) atoms. The molecule has 1 N–H and O–H groups in total. The highest BCUT2D eigenvalue weighted by molar-refractivity contribution is 7.09. The smallest absolute Gasteiger partial charge is 0.235 e. The minimum absolute atomic E-state index is 0.0278. The van der Waals surface area contributed by atoms with E-state index >= 15 is 0 Å². The number of rotatable bonds is 1. The summed E-state index contributed by atoms with van der Waals surface area (Å²) < 4.78 is 0. The highest BCUT2D eigenvalue weighted by Crippen LogP contribution is 2.26. The molecule has 1 atom stereocenters. The lowest BCUT2D eigenvalue weighted by atomic mass is 10.3. The number of likely N-dealkylation sites (N-methyl/N-ethyl adjacent to an activating group) is 1. The van der Waals surface area contributed by atoms with Crippen molar-refractivity contribution in [3.8, 4) is 0 Å². The van der Waals surface area contributed by atoms with Crippen molar-refractivity contribution < 1.29 is 4.79 Å². The SMILES string of the molecule is Cc1ncsc1C1NC(=O)CN1C. The predicted octanol–water partition coefficient (Wildman–Crippen LogP) is 0.512. The van der Waals surface area contributed by atoms with Crippen molar-refractivity contribution in [1.82, 2.24) is 15.2 Å². The molecule has 2 rings (SSSR count). The standard InChI is InChI=1S/C8H11N3OS/c1-5-7(13-4-9-5)8-10-6(12)3-11(8)2/h4,8H,3H2,1-2H3,(H,10,12). The molecule has 1 aromatic heterocycles. The van der Waals surface area contributed by atoms with Gasteiger partial charge in [0.2, 0.25) is 5.91 Å². The van der Waals surface area contributed by atoms with Crippen LogP contribution in [0.5, 0.6) is 0 Å². The van der Waals surface area contributed by atoms with Gasteiger partial charge in [-0.15, -0.1) is 11.3 Å². The Hall–Kier alpha value is -0.940. The van der Waals surface area contributed by atoms with Crippen LogP contribution in [0.15, 0.2) is 5.51 Å². The van der Waals surface area contributed by atoms with Crippen molar-refractivity contribution in [1.29, 1.82) is 0 Å². The van der Waals surface area contributed by atoms with E-state index in [0.29, 0.717) is 6.54 Å². The van der Waals surface area contributed by atoms with Gasteiger partial charge in [0.05, 0.1) is 22.6 Å². The molecule has 0 aliphatic carbocycles. The lowest BCUT2D eigenvalue weighted by Gasteiger charge is -2.16. The van der Waals surface area contributed by atoms with Crippen LogP contribution in [0.25, 0.3) is 0 Å².